The molecule has 0 aliphatic heterocycles. The summed E-state index contributed by atoms with van der Waals surface area (Å²) >= 11 is 0.500. The molecular weight excluding hydrogens is 533 g/mol. The van der Waals surface area contributed by atoms with E-state index in [1.165, 1.54) is 0 Å². The van der Waals surface area contributed by atoms with Crippen LogP contribution < -0.4 is 0 Å². The predicted octanol–water partition coefficient (Wildman–Crippen LogP) is -0.129. The fraction of sp³-hybridized carbons (Fsp3) is 0. The first-order chi connectivity index (χ1) is 1.00. The van der Waals surface area contributed by atoms with E-state index >= 15 is 0 Å². The van der Waals surface area contributed by atoms with E-state index in [4.69, 9.17) is 3.25 Å². The molecule has 0 aromatic heterocycles. The fourth-order valence-corrected chi connectivity index (χ4v) is 0. The first-order valence-electron chi connectivity index (χ1n) is 0.183. The van der Waals surface area contributed by atoms with Crippen LogP contribution in [0.1, 0.15) is 0 Å². The summed E-state index contributed by atoms with van der Waals surface area (Å²) in [6.45, 7) is 0. The Morgan fingerprint density at radius 2 is 1.20 bits per heavy atom. The van der Waals surface area contributed by atoms with Gasteiger partial charge in [0.2, 0.25) is 0 Å². The van der Waals surface area contributed by atoms with Crippen LogP contribution in [0, 0.1) is 0 Å². The van der Waals surface area contributed by atoms with Crippen molar-refractivity contribution in [2.24, 2.45) is 0 Å². The van der Waals surface area contributed by atoms with Crippen molar-refractivity contribution in [1.82, 2.24) is 0 Å². The summed E-state index contributed by atoms with van der Waals surface area (Å²) in [7, 11) is 0. The fourth-order valence-electron chi connectivity index (χ4n) is 0. The van der Waals surface area contributed by atoms with Crippen LogP contribution in [0.4, 0.5) is 0 Å². The molecule has 0 atom stereocenters. The molecule has 0 unspecified atom stereocenters. The van der Waals surface area contributed by atoms with Crippen LogP contribution in [0.5, 0.6) is 0 Å². The van der Waals surface area contributed by atoms with Crippen LogP contribution >= 0.6 is 0 Å². The SMILES string of the molecule is [Co].[O]=[Nb].[Ta].[W]. The van der Waals surface area contributed by atoms with E-state index in [0.717, 1.165) is 0 Å². The van der Waals surface area contributed by atoms with Gasteiger partial charge in [-0.05, 0) is 0 Å². The Morgan fingerprint density at radius 3 is 1.20 bits per heavy atom. The normalized spacial score (nSPS) is 0.600. The zero-order valence-electron chi connectivity index (χ0n) is 2.04. The van der Waals surface area contributed by atoms with Crippen LogP contribution in [-0.2, 0) is 84.5 Å². The van der Waals surface area contributed by atoms with Crippen molar-refractivity contribution in [2.45, 2.75) is 0 Å². The van der Waals surface area contributed by atoms with Crippen molar-refractivity contribution >= 4 is 0 Å². The van der Waals surface area contributed by atoms with Crippen LogP contribution in [0.15, 0.2) is 0 Å². The molecule has 0 saturated heterocycles. The molecule has 0 heterocycles. The molecule has 0 fully saturated rings. The molecule has 0 aromatic carbocycles. The number of hydrogen-bond donors (Lipinski definition) is 0. The molecule has 5 heavy (non-hydrogen) atoms. The molecule has 0 aliphatic carbocycles. The molecule has 0 spiro atoms. The summed E-state index contributed by atoms with van der Waals surface area (Å²) in [6, 6.07) is 0. The van der Waals surface area contributed by atoms with Gasteiger partial charge in [0.1, 0.15) is 0 Å². The van der Waals surface area contributed by atoms with E-state index in [9.17, 15) is 0 Å². The minimum Gasteiger partial charge on any atom is 0 e. The minimum atomic E-state index is 0. The van der Waals surface area contributed by atoms with Crippen molar-refractivity contribution in [3.63, 3.8) is 0 Å². The van der Waals surface area contributed by atoms with Gasteiger partial charge < -0.3 is 0 Å². The molecule has 2 radical (unpaired) electrons. The average Bonchev–Trinajstić information content (AvgIpc) is 1.00. The molecule has 5 heteroatoms. The smallest absolute Gasteiger partial charge is 0 e. The summed E-state index contributed by atoms with van der Waals surface area (Å²) in [5.74, 6) is 0. The van der Waals surface area contributed by atoms with Gasteiger partial charge >= 0.3 is 24.3 Å². The average molecular weight is 533 g/mol. The third-order valence-corrected chi connectivity index (χ3v) is 0. The topological polar surface area (TPSA) is 17.1 Å². The van der Waals surface area contributed by atoms with E-state index in [1.54, 1.807) is 0 Å². The molecule has 0 N–H and O–H groups in total. The van der Waals surface area contributed by atoms with Crippen LogP contribution in [0.3, 0.4) is 0 Å². The number of rotatable bonds is 0. The monoisotopic (exact) mass is 533 g/mol. The summed E-state index contributed by atoms with van der Waals surface area (Å²) in [6.07, 6.45) is 0. The minimum absolute atomic E-state index is 0. The van der Waals surface area contributed by atoms with E-state index in [1.807, 2.05) is 0 Å². The molecule has 0 bridgehead atoms. The second-order valence-electron chi connectivity index (χ2n) is 0. The van der Waals surface area contributed by atoms with Gasteiger partial charge in [-0.25, -0.2) is 0 Å². The molecule has 0 aromatic rings. The molecule has 0 saturated carbocycles. The van der Waals surface area contributed by atoms with Gasteiger partial charge in [-0.3, -0.25) is 0 Å². The van der Waals surface area contributed by atoms with Crippen molar-refractivity contribution in [2.75, 3.05) is 0 Å². The Kier molecular flexibility index (Phi) is 164. The van der Waals surface area contributed by atoms with Gasteiger partial charge in [0.05, 0.1) is 0 Å². The molecule has 0 rings (SSSR count). The van der Waals surface area contributed by atoms with Crippen LogP contribution in [0.25, 0.3) is 0 Å². The summed E-state index contributed by atoms with van der Waals surface area (Å²) in [4.78, 5) is 0. The summed E-state index contributed by atoms with van der Waals surface area (Å²) in [5, 5.41) is 0. The van der Waals surface area contributed by atoms with Gasteiger partial charge in [0, 0.05) is 60.2 Å². The zero-order valence-corrected chi connectivity index (χ0v) is 11.4. The van der Waals surface area contributed by atoms with Crippen molar-refractivity contribution in [1.29, 1.82) is 0 Å². The zero-order chi connectivity index (χ0) is 2.00. The Balaban J connectivity index is -0.00000000167. The maximum Gasteiger partial charge on any atom is 0 e. The molecule has 31 valence electrons. The third-order valence-electron chi connectivity index (χ3n) is 0. The van der Waals surface area contributed by atoms with Gasteiger partial charge in [-0.15, -0.1) is 0 Å². The van der Waals surface area contributed by atoms with E-state index < -0.39 is 0 Å². The largest absolute Gasteiger partial charge is 0 e. The Hall–Kier alpha value is 2.48. The van der Waals surface area contributed by atoms with E-state index in [2.05, 4.69) is 0 Å². The maximum atomic E-state index is 8.30. The Bertz CT molecular complexity index is 11.6. The van der Waals surface area contributed by atoms with E-state index in [-0.39, 0.29) is 60.2 Å². The summed E-state index contributed by atoms with van der Waals surface area (Å²) in [5.41, 5.74) is 0. The quantitative estimate of drug-likeness (QED) is 0.398. The molecule has 1 nitrogen and oxygen atoms in total. The predicted molar refractivity (Wildman–Crippen MR) is 0.686 cm³/mol. The van der Waals surface area contributed by atoms with Crippen molar-refractivity contribution in [3.05, 3.63) is 0 Å². The van der Waals surface area contributed by atoms with Gasteiger partial charge in [-0.2, -0.15) is 0 Å². The van der Waals surface area contributed by atoms with Gasteiger partial charge in [-0.1, -0.05) is 0 Å². The first-order valence-corrected chi connectivity index (χ1v) is 1.08. The standard InChI is InChI=1S/Co.Nb.O.Ta.W. The second kappa shape index (κ2) is 31.7. The van der Waals surface area contributed by atoms with Gasteiger partial charge in [0.25, 0.3) is 0 Å². The van der Waals surface area contributed by atoms with Crippen molar-refractivity contribution < 1.29 is 84.5 Å². The van der Waals surface area contributed by atoms with Crippen molar-refractivity contribution in [3.8, 4) is 0 Å². The Morgan fingerprint density at radius 1 is 1.20 bits per heavy atom. The van der Waals surface area contributed by atoms with Crippen LogP contribution in [-0.4, -0.2) is 0 Å². The van der Waals surface area contributed by atoms with Gasteiger partial charge in [0.15, 0.2) is 0 Å². The van der Waals surface area contributed by atoms with Crippen LogP contribution in [0.2, 0.25) is 0 Å². The molecule has 0 aliphatic rings. The van der Waals surface area contributed by atoms with E-state index in [0.29, 0.717) is 21.0 Å². The summed E-state index contributed by atoms with van der Waals surface area (Å²) < 4.78 is 8.30. The molecular formula is CoNbOTaW. The first kappa shape index (κ1) is 26.0. The molecule has 0 amide bonds. The second-order valence-corrected chi connectivity index (χ2v) is 0. The maximum absolute atomic E-state index is 8.30. The third kappa shape index (κ3) is 21.2. The Labute approximate surface area is 83.3 Å². The number of hydrogen-bond acceptors (Lipinski definition) is 1.